The highest BCUT2D eigenvalue weighted by atomic mass is 16.5. The molecule has 3 heterocycles. The van der Waals surface area contributed by atoms with Crippen molar-refractivity contribution in [3.8, 4) is 0 Å². The van der Waals surface area contributed by atoms with Crippen LogP contribution < -0.4 is 5.32 Å². The van der Waals surface area contributed by atoms with Crippen molar-refractivity contribution in [3.05, 3.63) is 12.2 Å². The summed E-state index contributed by atoms with van der Waals surface area (Å²) in [5, 5.41) is 11.8. The van der Waals surface area contributed by atoms with Gasteiger partial charge < -0.3 is 14.6 Å². The minimum atomic E-state index is 0.358. The van der Waals surface area contributed by atoms with Crippen molar-refractivity contribution >= 4 is 0 Å². The molecule has 112 valence electrons. The summed E-state index contributed by atoms with van der Waals surface area (Å²) in [5.41, 5.74) is 0.358. The first-order valence-electron chi connectivity index (χ1n) is 7.69. The molecule has 6 nitrogen and oxygen atoms in total. The van der Waals surface area contributed by atoms with E-state index in [0.29, 0.717) is 5.41 Å². The molecule has 2 aliphatic heterocycles. The Labute approximate surface area is 120 Å². The number of hydrogen-bond donors (Lipinski definition) is 1. The Morgan fingerprint density at radius 3 is 3.00 bits per heavy atom. The van der Waals surface area contributed by atoms with E-state index in [0.717, 1.165) is 71.1 Å². The van der Waals surface area contributed by atoms with E-state index in [4.69, 9.17) is 4.74 Å². The van der Waals surface area contributed by atoms with E-state index in [9.17, 15) is 0 Å². The van der Waals surface area contributed by atoms with Crippen LogP contribution in [0.1, 0.15) is 25.6 Å². The third-order valence-electron chi connectivity index (χ3n) is 4.58. The number of aromatic nitrogens is 3. The van der Waals surface area contributed by atoms with E-state index in [1.54, 1.807) is 0 Å². The Morgan fingerprint density at radius 2 is 2.20 bits per heavy atom. The molecule has 0 atom stereocenters. The van der Waals surface area contributed by atoms with Crippen LogP contribution in [-0.2, 0) is 17.8 Å². The van der Waals surface area contributed by atoms with E-state index < -0.39 is 0 Å². The predicted molar refractivity (Wildman–Crippen MR) is 76.3 cm³/mol. The van der Waals surface area contributed by atoms with Gasteiger partial charge in [-0.25, -0.2) is 0 Å². The lowest BCUT2D eigenvalue weighted by Crippen LogP contribution is -2.49. The van der Waals surface area contributed by atoms with E-state index in [-0.39, 0.29) is 0 Å². The van der Waals surface area contributed by atoms with Crippen LogP contribution in [0, 0.1) is 5.41 Å². The summed E-state index contributed by atoms with van der Waals surface area (Å²) in [6.45, 7) is 10.3. The third-order valence-corrected chi connectivity index (χ3v) is 4.58. The summed E-state index contributed by atoms with van der Waals surface area (Å²) in [6, 6.07) is 0. The van der Waals surface area contributed by atoms with Gasteiger partial charge in [0.15, 0.2) is 0 Å². The van der Waals surface area contributed by atoms with Crippen molar-refractivity contribution in [1.29, 1.82) is 0 Å². The molecule has 0 aliphatic carbocycles. The minimum absolute atomic E-state index is 0.358. The molecule has 3 rings (SSSR count). The van der Waals surface area contributed by atoms with Crippen molar-refractivity contribution in [2.45, 2.75) is 32.9 Å². The van der Waals surface area contributed by atoms with Gasteiger partial charge in [0.2, 0.25) is 0 Å². The fraction of sp³-hybridized carbons (Fsp3) is 0.857. The van der Waals surface area contributed by atoms with Gasteiger partial charge in [-0.2, -0.15) is 0 Å². The zero-order valence-electron chi connectivity index (χ0n) is 12.3. The molecular weight excluding hydrogens is 254 g/mol. The summed E-state index contributed by atoms with van der Waals surface area (Å²) >= 11 is 0. The quantitative estimate of drug-likeness (QED) is 0.850. The summed E-state index contributed by atoms with van der Waals surface area (Å²) in [4.78, 5) is 2.53. The summed E-state index contributed by atoms with van der Waals surface area (Å²) in [7, 11) is 0. The molecule has 2 aliphatic rings. The van der Waals surface area contributed by atoms with Crippen LogP contribution in [0.25, 0.3) is 0 Å². The van der Waals surface area contributed by atoms with Crippen LogP contribution in [0.4, 0.5) is 0 Å². The van der Waals surface area contributed by atoms with Crippen molar-refractivity contribution < 1.29 is 4.74 Å². The van der Waals surface area contributed by atoms with Crippen molar-refractivity contribution in [2.75, 3.05) is 39.4 Å². The largest absolute Gasteiger partial charge is 0.381 e. The van der Waals surface area contributed by atoms with E-state index in [2.05, 4.69) is 31.9 Å². The topological polar surface area (TPSA) is 55.2 Å². The zero-order valence-corrected chi connectivity index (χ0v) is 12.3. The van der Waals surface area contributed by atoms with Crippen molar-refractivity contribution in [3.63, 3.8) is 0 Å². The molecule has 1 aromatic heterocycles. The maximum absolute atomic E-state index is 5.56. The van der Waals surface area contributed by atoms with Crippen LogP contribution in [0.3, 0.4) is 0 Å². The Morgan fingerprint density at radius 1 is 1.35 bits per heavy atom. The summed E-state index contributed by atoms with van der Waals surface area (Å²) in [5.74, 6) is 1.10. The summed E-state index contributed by atoms with van der Waals surface area (Å²) in [6.07, 6.45) is 4.15. The molecule has 0 spiro atoms. The molecular formula is C14H25N5O. The lowest BCUT2D eigenvalue weighted by atomic mass is 9.79. The molecule has 0 unspecified atom stereocenters. The molecule has 20 heavy (non-hydrogen) atoms. The van der Waals surface area contributed by atoms with Gasteiger partial charge in [0, 0.05) is 39.4 Å². The molecule has 1 saturated heterocycles. The summed E-state index contributed by atoms with van der Waals surface area (Å²) < 4.78 is 7.73. The molecule has 0 radical (unpaired) electrons. The molecule has 1 aromatic rings. The SMILES string of the molecule is CCNCC1(CN2CCn3cnnc3C2)CCOCC1. The normalized spacial score (nSPS) is 22.6. The average Bonchev–Trinajstić information content (AvgIpc) is 2.94. The van der Waals surface area contributed by atoms with Gasteiger partial charge in [0.25, 0.3) is 0 Å². The highest BCUT2D eigenvalue weighted by molar-refractivity contribution is 4.93. The second-order valence-electron chi connectivity index (χ2n) is 6.04. The maximum Gasteiger partial charge on any atom is 0.147 e. The lowest BCUT2D eigenvalue weighted by molar-refractivity contribution is -0.00861. The first kappa shape index (κ1) is 14.0. The van der Waals surface area contributed by atoms with Gasteiger partial charge in [0.05, 0.1) is 6.54 Å². The molecule has 0 aromatic carbocycles. The number of nitrogens with one attached hydrogen (secondary N) is 1. The van der Waals surface area contributed by atoms with E-state index in [1.165, 1.54) is 0 Å². The molecule has 1 N–H and O–H groups in total. The van der Waals surface area contributed by atoms with Crippen LogP contribution >= 0.6 is 0 Å². The Kier molecular flexibility index (Phi) is 4.33. The highest BCUT2D eigenvalue weighted by Gasteiger charge is 2.35. The number of rotatable bonds is 5. The Balaban J connectivity index is 1.64. The monoisotopic (exact) mass is 279 g/mol. The van der Waals surface area contributed by atoms with Crippen LogP contribution in [0.5, 0.6) is 0 Å². The first-order valence-corrected chi connectivity index (χ1v) is 7.69. The third kappa shape index (κ3) is 3.02. The fourth-order valence-corrected chi connectivity index (χ4v) is 3.31. The Hall–Kier alpha value is -0.980. The second kappa shape index (κ2) is 6.20. The molecule has 0 saturated carbocycles. The standard InChI is InChI=1S/C14H25N5O/c1-2-15-10-14(3-7-20-8-4-14)11-18-5-6-19-12-16-17-13(19)9-18/h12,15H,2-11H2,1H3. The molecule has 0 amide bonds. The van der Waals surface area contributed by atoms with Gasteiger partial charge in [-0.15, -0.1) is 10.2 Å². The highest BCUT2D eigenvalue weighted by Crippen LogP contribution is 2.31. The molecule has 1 fully saturated rings. The van der Waals surface area contributed by atoms with Gasteiger partial charge in [-0.3, -0.25) is 4.90 Å². The molecule has 0 bridgehead atoms. The first-order chi connectivity index (χ1) is 9.81. The molecule has 6 heteroatoms. The fourth-order valence-electron chi connectivity index (χ4n) is 3.31. The lowest BCUT2D eigenvalue weighted by Gasteiger charge is -2.42. The second-order valence-corrected chi connectivity index (χ2v) is 6.04. The van der Waals surface area contributed by atoms with Gasteiger partial charge in [-0.1, -0.05) is 6.92 Å². The Bertz CT molecular complexity index is 427. The van der Waals surface area contributed by atoms with Gasteiger partial charge >= 0.3 is 0 Å². The van der Waals surface area contributed by atoms with Crippen LogP contribution in [0.15, 0.2) is 6.33 Å². The van der Waals surface area contributed by atoms with Crippen molar-refractivity contribution in [2.24, 2.45) is 5.41 Å². The smallest absolute Gasteiger partial charge is 0.147 e. The zero-order chi connectivity index (χ0) is 13.8. The van der Waals surface area contributed by atoms with E-state index >= 15 is 0 Å². The van der Waals surface area contributed by atoms with E-state index in [1.807, 2.05) is 6.33 Å². The average molecular weight is 279 g/mol. The minimum Gasteiger partial charge on any atom is -0.381 e. The van der Waals surface area contributed by atoms with Crippen LogP contribution in [-0.4, -0.2) is 59.1 Å². The van der Waals surface area contributed by atoms with Gasteiger partial charge in [-0.05, 0) is 24.8 Å². The number of hydrogen-bond acceptors (Lipinski definition) is 5. The van der Waals surface area contributed by atoms with Gasteiger partial charge in [0.1, 0.15) is 12.2 Å². The number of nitrogens with zero attached hydrogens (tertiary/aromatic N) is 4. The number of ether oxygens (including phenoxy) is 1. The number of fused-ring (bicyclic) bond motifs is 1. The van der Waals surface area contributed by atoms with Crippen LogP contribution in [0.2, 0.25) is 0 Å². The van der Waals surface area contributed by atoms with Crippen molar-refractivity contribution in [1.82, 2.24) is 25.0 Å². The predicted octanol–water partition coefficient (Wildman–Crippen LogP) is 0.500. The maximum atomic E-state index is 5.56.